The van der Waals surface area contributed by atoms with Crippen molar-refractivity contribution in [3.05, 3.63) is 17.5 Å². The maximum atomic E-state index is 11.7. The Hall–Kier alpha value is -0.880. The highest BCUT2D eigenvalue weighted by Gasteiger charge is 2.32. The molecule has 0 aromatic carbocycles. The number of sulfone groups is 1. The van der Waals surface area contributed by atoms with Crippen molar-refractivity contribution in [2.75, 3.05) is 18.1 Å². The van der Waals surface area contributed by atoms with E-state index in [1.165, 1.54) is 32.1 Å². The summed E-state index contributed by atoms with van der Waals surface area (Å²) in [6.45, 7) is 3.57. The molecule has 1 aromatic heterocycles. The van der Waals surface area contributed by atoms with E-state index in [1.54, 1.807) is 0 Å². The average Bonchev–Trinajstić information content (AvgIpc) is 3.12. The Morgan fingerprint density at radius 1 is 1.27 bits per heavy atom. The first-order valence-electron chi connectivity index (χ1n) is 8.47. The first-order valence-corrected chi connectivity index (χ1v) is 10.3. The Bertz CT molecular complexity index is 590. The summed E-state index contributed by atoms with van der Waals surface area (Å²) >= 11 is 0. The van der Waals surface area contributed by atoms with Gasteiger partial charge < -0.3 is 4.52 Å². The number of hydrogen-bond donors (Lipinski definition) is 0. The number of rotatable bonds is 5. The van der Waals surface area contributed by atoms with Gasteiger partial charge in [-0.3, -0.25) is 4.90 Å². The van der Waals surface area contributed by atoms with Crippen molar-refractivity contribution in [3.8, 4) is 0 Å². The van der Waals surface area contributed by atoms with Gasteiger partial charge >= 0.3 is 0 Å². The Kier molecular flexibility index (Phi) is 4.88. The monoisotopic (exact) mass is 326 g/mol. The Morgan fingerprint density at radius 2 is 2.05 bits per heavy atom. The van der Waals surface area contributed by atoms with Crippen molar-refractivity contribution in [3.63, 3.8) is 0 Å². The largest absolute Gasteiger partial charge is 0.360 e. The molecule has 1 saturated carbocycles. The minimum absolute atomic E-state index is 0.123. The molecule has 0 spiro atoms. The highest BCUT2D eigenvalue weighted by Crippen LogP contribution is 2.32. The van der Waals surface area contributed by atoms with Gasteiger partial charge in [0.1, 0.15) is 0 Å². The normalized spacial score (nSPS) is 25.8. The topological polar surface area (TPSA) is 63.4 Å². The van der Waals surface area contributed by atoms with Gasteiger partial charge in [0.05, 0.1) is 23.7 Å². The maximum Gasteiger partial charge on any atom is 0.151 e. The molecule has 2 heterocycles. The van der Waals surface area contributed by atoms with E-state index >= 15 is 0 Å². The highest BCUT2D eigenvalue weighted by atomic mass is 32.2. The molecule has 3 rings (SSSR count). The van der Waals surface area contributed by atoms with Crippen LogP contribution in [0.25, 0.3) is 0 Å². The lowest BCUT2D eigenvalue weighted by atomic mass is 9.87. The van der Waals surface area contributed by atoms with Crippen molar-refractivity contribution in [2.45, 2.75) is 64.0 Å². The lowest BCUT2D eigenvalue weighted by Gasteiger charge is -2.25. The van der Waals surface area contributed by atoms with Crippen molar-refractivity contribution in [1.82, 2.24) is 10.1 Å². The van der Waals surface area contributed by atoms with Crippen LogP contribution >= 0.6 is 0 Å². The van der Waals surface area contributed by atoms with Gasteiger partial charge in [0.15, 0.2) is 15.6 Å². The van der Waals surface area contributed by atoms with Gasteiger partial charge in [-0.05, 0) is 25.8 Å². The van der Waals surface area contributed by atoms with Gasteiger partial charge in [-0.2, -0.15) is 0 Å². The molecule has 22 heavy (non-hydrogen) atoms. The van der Waals surface area contributed by atoms with E-state index in [1.807, 2.05) is 0 Å². The molecule has 1 aliphatic heterocycles. The Morgan fingerprint density at radius 3 is 2.68 bits per heavy atom. The van der Waals surface area contributed by atoms with Gasteiger partial charge in [0.2, 0.25) is 0 Å². The summed E-state index contributed by atoms with van der Waals surface area (Å²) in [6, 6.07) is 2.21. The van der Waals surface area contributed by atoms with Crippen LogP contribution in [0.1, 0.15) is 62.8 Å². The maximum absolute atomic E-state index is 11.7. The van der Waals surface area contributed by atoms with Gasteiger partial charge in [0, 0.05) is 18.0 Å². The fourth-order valence-electron chi connectivity index (χ4n) is 3.76. The molecule has 0 bridgehead atoms. The zero-order valence-electron chi connectivity index (χ0n) is 13.3. The highest BCUT2D eigenvalue weighted by molar-refractivity contribution is 7.91. The Labute approximate surface area is 133 Å². The van der Waals surface area contributed by atoms with Gasteiger partial charge in [-0.15, -0.1) is 0 Å². The molecule has 1 aromatic rings. The van der Waals surface area contributed by atoms with Gasteiger partial charge in [0.25, 0.3) is 0 Å². The summed E-state index contributed by atoms with van der Waals surface area (Å²) in [5.74, 6) is 2.02. The van der Waals surface area contributed by atoms with Crippen LogP contribution in [0.5, 0.6) is 0 Å². The average molecular weight is 326 g/mol. The molecule has 1 saturated heterocycles. The molecule has 0 amide bonds. The van der Waals surface area contributed by atoms with Crippen LogP contribution in [-0.2, 0) is 16.4 Å². The molecule has 0 radical (unpaired) electrons. The summed E-state index contributed by atoms with van der Waals surface area (Å²) in [5.41, 5.74) is 1.09. The molecular formula is C16H26N2O3S. The summed E-state index contributed by atoms with van der Waals surface area (Å²) in [6.07, 6.45) is 7.07. The predicted octanol–water partition coefficient (Wildman–Crippen LogP) is 2.73. The third-order valence-electron chi connectivity index (χ3n) is 5.09. The first-order chi connectivity index (χ1) is 10.6. The van der Waals surface area contributed by atoms with Crippen LogP contribution in [0.15, 0.2) is 10.6 Å². The fraction of sp³-hybridized carbons (Fsp3) is 0.812. The summed E-state index contributed by atoms with van der Waals surface area (Å²) < 4.78 is 28.8. The van der Waals surface area contributed by atoms with Crippen molar-refractivity contribution in [1.29, 1.82) is 0 Å². The zero-order valence-corrected chi connectivity index (χ0v) is 14.1. The van der Waals surface area contributed by atoms with Crippen molar-refractivity contribution >= 4 is 9.84 Å². The molecule has 1 atom stereocenters. The predicted molar refractivity (Wildman–Crippen MR) is 85.5 cm³/mol. The third-order valence-corrected chi connectivity index (χ3v) is 6.84. The van der Waals surface area contributed by atoms with Gasteiger partial charge in [-0.1, -0.05) is 31.3 Å². The summed E-state index contributed by atoms with van der Waals surface area (Å²) in [4.78, 5) is 2.20. The van der Waals surface area contributed by atoms with Crippen LogP contribution in [0.2, 0.25) is 0 Å². The van der Waals surface area contributed by atoms with E-state index in [4.69, 9.17) is 4.52 Å². The number of hydrogen-bond acceptors (Lipinski definition) is 5. The summed E-state index contributed by atoms with van der Waals surface area (Å²) in [7, 11) is -2.84. The molecule has 1 aliphatic carbocycles. The quantitative estimate of drug-likeness (QED) is 0.832. The zero-order chi connectivity index (χ0) is 15.6. The van der Waals surface area contributed by atoms with Gasteiger partial charge in [-0.25, -0.2) is 8.42 Å². The van der Waals surface area contributed by atoms with E-state index in [9.17, 15) is 8.42 Å². The second kappa shape index (κ2) is 6.71. The first kappa shape index (κ1) is 16.0. The molecule has 1 unspecified atom stereocenters. The van der Waals surface area contributed by atoms with E-state index in [0.29, 0.717) is 18.2 Å². The third kappa shape index (κ3) is 3.71. The van der Waals surface area contributed by atoms with Crippen LogP contribution in [0.3, 0.4) is 0 Å². The molecule has 0 N–H and O–H groups in total. The smallest absolute Gasteiger partial charge is 0.151 e. The van der Waals surface area contributed by atoms with Crippen molar-refractivity contribution < 1.29 is 12.9 Å². The van der Waals surface area contributed by atoms with Crippen molar-refractivity contribution in [2.24, 2.45) is 0 Å². The fourth-order valence-corrected chi connectivity index (χ4v) is 5.52. The molecule has 2 aliphatic rings. The van der Waals surface area contributed by atoms with Crippen LogP contribution in [-0.4, -0.2) is 42.6 Å². The van der Waals surface area contributed by atoms with E-state index in [-0.39, 0.29) is 11.8 Å². The minimum Gasteiger partial charge on any atom is -0.360 e. The standard InChI is InChI=1S/C16H26N2O3S/c1-2-18(14-8-9-22(19,20)12-14)11-15-10-16(17-21-15)13-6-4-3-5-7-13/h10,13-14H,2-9,11-12H2,1H3. The number of aromatic nitrogens is 1. The molecule has 2 fully saturated rings. The van der Waals surface area contributed by atoms with E-state index in [0.717, 1.165) is 24.4 Å². The molecule has 124 valence electrons. The lowest BCUT2D eigenvalue weighted by molar-refractivity contribution is 0.190. The van der Waals surface area contributed by atoms with E-state index < -0.39 is 9.84 Å². The van der Waals surface area contributed by atoms with Crippen LogP contribution in [0.4, 0.5) is 0 Å². The van der Waals surface area contributed by atoms with Crippen LogP contribution < -0.4 is 0 Å². The minimum atomic E-state index is -2.84. The summed E-state index contributed by atoms with van der Waals surface area (Å²) in [5, 5.41) is 4.26. The Balaban J connectivity index is 1.63. The SMILES string of the molecule is CCN(Cc1cc(C2CCCCC2)no1)C1CCS(=O)(=O)C1. The lowest BCUT2D eigenvalue weighted by Crippen LogP contribution is -2.35. The second-order valence-corrected chi connectivity index (χ2v) is 8.90. The molecule has 6 heteroatoms. The van der Waals surface area contributed by atoms with Crippen LogP contribution in [0, 0.1) is 0 Å². The van der Waals surface area contributed by atoms with E-state index in [2.05, 4.69) is 23.0 Å². The molecule has 5 nitrogen and oxygen atoms in total. The molecular weight excluding hydrogens is 300 g/mol. The second-order valence-electron chi connectivity index (χ2n) is 6.67. The number of nitrogens with zero attached hydrogens (tertiary/aromatic N) is 2.